The van der Waals surface area contributed by atoms with Crippen molar-refractivity contribution >= 4 is 17.3 Å². The van der Waals surface area contributed by atoms with Gasteiger partial charge in [-0.05, 0) is 55.5 Å². The largest absolute Gasteiger partial charge is 0.369 e. The van der Waals surface area contributed by atoms with Gasteiger partial charge < -0.3 is 10.6 Å². The Morgan fingerprint density at radius 3 is 2.55 bits per heavy atom. The second-order valence-corrected chi connectivity index (χ2v) is 6.48. The third kappa shape index (κ3) is 3.46. The van der Waals surface area contributed by atoms with Crippen LogP contribution in [0.4, 0.5) is 5.69 Å². The summed E-state index contributed by atoms with van der Waals surface area (Å²) in [6, 6.07) is 6.22. The summed E-state index contributed by atoms with van der Waals surface area (Å²) >= 11 is 6.11. The minimum atomic E-state index is 0.676. The van der Waals surface area contributed by atoms with E-state index in [9.17, 15) is 0 Å². The molecule has 1 saturated carbocycles. The molecule has 0 amide bonds. The topological polar surface area (TPSA) is 32.5 Å². The second-order valence-electron chi connectivity index (χ2n) is 6.04. The number of rotatable bonds is 5. The standard InChI is InChI=1S/C16H24ClN3/c17-15-3-4-16(14(11-15)5-6-18)20-9-7-19(8-10-20)12-13-1-2-13/h3-4,11,13H,1-2,5-10,12,18H2. The molecule has 110 valence electrons. The van der Waals surface area contributed by atoms with Crippen LogP contribution in [0.2, 0.25) is 5.02 Å². The molecule has 1 heterocycles. The minimum absolute atomic E-state index is 0.676. The highest BCUT2D eigenvalue weighted by Crippen LogP contribution is 2.31. The Hall–Kier alpha value is -0.770. The molecule has 1 aromatic carbocycles. The lowest BCUT2D eigenvalue weighted by molar-refractivity contribution is 0.248. The van der Waals surface area contributed by atoms with E-state index in [1.807, 2.05) is 6.07 Å². The third-order valence-corrected chi connectivity index (χ3v) is 4.62. The molecule has 0 atom stereocenters. The van der Waals surface area contributed by atoms with Crippen molar-refractivity contribution < 1.29 is 0 Å². The normalized spacial score (nSPS) is 20.4. The lowest BCUT2D eigenvalue weighted by Crippen LogP contribution is -2.47. The molecule has 1 aromatic rings. The molecule has 2 N–H and O–H groups in total. The molecule has 1 aliphatic carbocycles. The number of benzene rings is 1. The zero-order valence-corrected chi connectivity index (χ0v) is 12.8. The summed E-state index contributed by atoms with van der Waals surface area (Å²) in [4.78, 5) is 5.11. The Balaban J connectivity index is 1.64. The van der Waals surface area contributed by atoms with E-state index in [2.05, 4.69) is 21.9 Å². The Morgan fingerprint density at radius 2 is 1.90 bits per heavy atom. The van der Waals surface area contributed by atoms with Crippen LogP contribution in [-0.4, -0.2) is 44.2 Å². The predicted octanol–water partition coefficient (Wildman–Crippen LogP) is 2.37. The van der Waals surface area contributed by atoms with E-state index in [4.69, 9.17) is 17.3 Å². The number of anilines is 1. The van der Waals surface area contributed by atoms with Gasteiger partial charge in [-0.1, -0.05) is 11.6 Å². The summed E-state index contributed by atoms with van der Waals surface area (Å²) in [5.41, 5.74) is 8.34. The summed E-state index contributed by atoms with van der Waals surface area (Å²) in [5, 5.41) is 0.810. The van der Waals surface area contributed by atoms with E-state index < -0.39 is 0 Å². The average molecular weight is 294 g/mol. The Morgan fingerprint density at radius 1 is 1.15 bits per heavy atom. The zero-order chi connectivity index (χ0) is 13.9. The van der Waals surface area contributed by atoms with Crippen LogP contribution >= 0.6 is 11.6 Å². The molecule has 2 fully saturated rings. The summed E-state index contributed by atoms with van der Waals surface area (Å²) in [7, 11) is 0. The highest BCUT2D eigenvalue weighted by molar-refractivity contribution is 6.30. The molecule has 1 aliphatic heterocycles. The van der Waals surface area contributed by atoms with Crippen LogP contribution in [0.25, 0.3) is 0 Å². The van der Waals surface area contributed by atoms with Crippen molar-refractivity contribution in [1.82, 2.24) is 4.90 Å². The molecule has 0 aromatic heterocycles. The van der Waals surface area contributed by atoms with E-state index in [0.29, 0.717) is 6.54 Å². The average Bonchev–Trinajstić information content (AvgIpc) is 3.25. The van der Waals surface area contributed by atoms with E-state index >= 15 is 0 Å². The van der Waals surface area contributed by atoms with Gasteiger partial charge in [-0.25, -0.2) is 0 Å². The molecular formula is C16H24ClN3. The predicted molar refractivity (Wildman–Crippen MR) is 85.6 cm³/mol. The summed E-state index contributed by atoms with van der Waals surface area (Å²) in [6.07, 6.45) is 3.79. The summed E-state index contributed by atoms with van der Waals surface area (Å²) in [5.74, 6) is 0.991. The van der Waals surface area contributed by atoms with E-state index in [1.54, 1.807) is 0 Å². The van der Waals surface area contributed by atoms with Crippen LogP contribution in [0.5, 0.6) is 0 Å². The smallest absolute Gasteiger partial charge is 0.0410 e. The first kappa shape index (κ1) is 14.2. The lowest BCUT2D eigenvalue weighted by Gasteiger charge is -2.37. The molecule has 3 rings (SSSR count). The van der Waals surface area contributed by atoms with Gasteiger partial charge in [0.2, 0.25) is 0 Å². The van der Waals surface area contributed by atoms with Crippen LogP contribution < -0.4 is 10.6 Å². The van der Waals surface area contributed by atoms with Gasteiger partial charge in [0, 0.05) is 43.4 Å². The monoisotopic (exact) mass is 293 g/mol. The van der Waals surface area contributed by atoms with E-state index in [0.717, 1.165) is 30.5 Å². The van der Waals surface area contributed by atoms with Gasteiger partial charge in [0.15, 0.2) is 0 Å². The van der Waals surface area contributed by atoms with Crippen molar-refractivity contribution in [2.24, 2.45) is 11.7 Å². The maximum absolute atomic E-state index is 6.11. The highest BCUT2D eigenvalue weighted by Gasteiger charge is 2.26. The molecule has 0 spiro atoms. The van der Waals surface area contributed by atoms with E-state index in [1.165, 1.54) is 43.7 Å². The SMILES string of the molecule is NCCc1cc(Cl)ccc1N1CCN(CC2CC2)CC1. The van der Waals surface area contributed by atoms with Crippen molar-refractivity contribution in [2.45, 2.75) is 19.3 Å². The molecule has 0 unspecified atom stereocenters. The van der Waals surface area contributed by atoms with Crippen LogP contribution in [0.1, 0.15) is 18.4 Å². The maximum Gasteiger partial charge on any atom is 0.0410 e. The molecule has 0 bridgehead atoms. The number of nitrogens with zero attached hydrogens (tertiary/aromatic N) is 2. The van der Waals surface area contributed by atoms with E-state index in [-0.39, 0.29) is 0 Å². The fraction of sp³-hybridized carbons (Fsp3) is 0.625. The number of hydrogen-bond acceptors (Lipinski definition) is 3. The first-order valence-corrected chi connectivity index (χ1v) is 8.10. The first-order chi connectivity index (χ1) is 9.76. The van der Waals surface area contributed by atoms with Gasteiger partial charge in [0.25, 0.3) is 0 Å². The van der Waals surface area contributed by atoms with Crippen molar-refractivity contribution in [3.05, 3.63) is 28.8 Å². The maximum atomic E-state index is 6.11. The Kier molecular flexibility index (Phi) is 4.49. The number of hydrogen-bond donors (Lipinski definition) is 1. The fourth-order valence-corrected chi connectivity index (χ4v) is 3.25. The zero-order valence-electron chi connectivity index (χ0n) is 12.0. The minimum Gasteiger partial charge on any atom is -0.369 e. The first-order valence-electron chi connectivity index (χ1n) is 7.72. The molecule has 0 radical (unpaired) electrons. The van der Waals surface area contributed by atoms with Gasteiger partial charge in [-0.2, -0.15) is 0 Å². The summed E-state index contributed by atoms with van der Waals surface area (Å²) < 4.78 is 0. The number of halogens is 1. The molecule has 4 heteroatoms. The molecule has 3 nitrogen and oxygen atoms in total. The molecule has 20 heavy (non-hydrogen) atoms. The quantitative estimate of drug-likeness (QED) is 0.905. The molecule has 2 aliphatic rings. The molecule has 1 saturated heterocycles. The van der Waals surface area contributed by atoms with Crippen molar-refractivity contribution in [1.29, 1.82) is 0 Å². The van der Waals surface area contributed by atoms with Gasteiger partial charge in [-0.15, -0.1) is 0 Å². The van der Waals surface area contributed by atoms with Crippen LogP contribution in [0.15, 0.2) is 18.2 Å². The third-order valence-electron chi connectivity index (χ3n) is 4.38. The van der Waals surface area contributed by atoms with Gasteiger partial charge in [0.1, 0.15) is 0 Å². The number of piperazine rings is 1. The van der Waals surface area contributed by atoms with Gasteiger partial charge in [0.05, 0.1) is 0 Å². The molecular weight excluding hydrogens is 270 g/mol. The van der Waals surface area contributed by atoms with Gasteiger partial charge >= 0.3 is 0 Å². The summed E-state index contributed by atoms with van der Waals surface area (Å²) in [6.45, 7) is 6.58. The number of nitrogens with two attached hydrogens (primary N) is 1. The van der Waals surface area contributed by atoms with Crippen LogP contribution in [-0.2, 0) is 6.42 Å². The highest BCUT2D eigenvalue weighted by atomic mass is 35.5. The Bertz CT molecular complexity index is 451. The Labute approximate surface area is 126 Å². The van der Waals surface area contributed by atoms with Crippen molar-refractivity contribution in [3.8, 4) is 0 Å². The fourth-order valence-electron chi connectivity index (χ4n) is 3.06. The van der Waals surface area contributed by atoms with Crippen LogP contribution in [0.3, 0.4) is 0 Å². The van der Waals surface area contributed by atoms with Gasteiger partial charge in [-0.3, -0.25) is 4.90 Å². The van der Waals surface area contributed by atoms with Crippen molar-refractivity contribution in [2.75, 3.05) is 44.2 Å². The lowest BCUT2D eigenvalue weighted by atomic mass is 10.1. The van der Waals surface area contributed by atoms with Crippen LogP contribution in [0, 0.1) is 5.92 Å². The second kappa shape index (κ2) is 6.33. The van der Waals surface area contributed by atoms with Crippen molar-refractivity contribution in [3.63, 3.8) is 0 Å².